The Hall–Kier alpha value is -1.60. The van der Waals surface area contributed by atoms with Crippen LogP contribution in [0.5, 0.6) is 0 Å². The number of aryl methyl sites for hydroxylation is 1. The van der Waals surface area contributed by atoms with E-state index < -0.39 is 0 Å². The lowest BCUT2D eigenvalue weighted by Crippen LogP contribution is -2.29. The fraction of sp³-hybridized carbons (Fsp3) is 0.200. The molecule has 2 heterocycles. The van der Waals surface area contributed by atoms with Crippen LogP contribution >= 0.6 is 22.7 Å². The lowest BCUT2D eigenvalue weighted by atomic mass is 10.1. The maximum Gasteiger partial charge on any atom is 0.0952 e. The summed E-state index contributed by atoms with van der Waals surface area (Å²) in [6.45, 7) is 2.01. The van der Waals surface area contributed by atoms with Crippen LogP contribution in [0.1, 0.15) is 21.6 Å². The second-order valence-corrected chi connectivity index (χ2v) is 6.55. The third kappa shape index (κ3) is 3.19. The highest BCUT2D eigenvalue weighted by atomic mass is 32.1. The van der Waals surface area contributed by atoms with E-state index in [2.05, 4.69) is 27.9 Å². The summed E-state index contributed by atoms with van der Waals surface area (Å²) in [5, 5.41) is 3.17. The van der Waals surface area contributed by atoms with Gasteiger partial charge in [-0.2, -0.15) is 0 Å². The largest absolute Gasteiger partial charge is 0.271 e. The fourth-order valence-corrected chi connectivity index (χ4v) is 3.91. The lowest BCUT2D eigenvalue weighted by molar-refractivity contribution is 0.556. The monoisotopic (exact) mass is 316 g/mol. The number of hydrogen-bond acceptors (Lipinski definition) is 6. The van der Waals surface area contributed by atoms with Crippen LogP contribution in [0.25, 0.3) is 11.3 Å². The molecule has 2 aromatic heterocycles. The topological polar surface area (TPSA) is 63.8 Å². The number of rotatable bonds is 5. The van der Waals surface area contributed by atoms with E-state index in [1.54, 1.807) is 22.7 Å². The van der Waals surface area contributed by atoms with Crippen LogP contribution in [-0.2, 0) is 6.42 Å². The average Bonchev–Trinajstić information content (AvgIpc) is 3.15. The lowest BCUT2D eigenvalue weighted by Gasteiger charge is -2.13. The van der Waals surface area contributed by atoms with E-state index in [1.807, 2.05) is 30.6 Å². The first-order valence-electron chi connectivity index (χ1n) is 6.64. The number of hydrogen-bond donors (Lipinski definition) is 2. The van der Waals surface area contributed by atoms with Crippen molar-refractivity contribution in [3.63, 3.8) is 0 Å². The van der Waals surface area contributed by atoms with Crippen molar-refractivity contribution < 1.29 is 0 Å². The second kappa shape index (κ2) is 6.44. The highest BCUT2D eigenvalue weighted by Crippen LogP contribution is 2.28. The molecule has 1 atom stereocenters. The van der Waals surface area contributed by atoms with Crippen molar-refractivity contribution in [3.05, 3.63) is 56.8 Å². The fourth-order valence-electron chi connectivity index (χ4n) is 2.19. The molecule has 0 fully saturated rings. The van der Waals surface area contributed by atoms with Gasteiger partial charge in [0.05, 0.1) is 27.9 Å². The summed E-state index contributed by atoms with van der Waals surface area (Å²) in [6.07, 6.45) is 0.775. The first kappa shape index (κ1) is 14.3. The van der Waals surface area contributed by atoms with Gasteiger partial charge in [-0.15, -0.1) is 22.7 Å². The molecule has 0 aliphatic heterocycles. The minimum Gasteiger partial charge on any atom is -0.271 e. The van der Waals surface area contributed by atoms with E-state index in [-0.39, 0.29) is 6.04 Å². The molecule has 3 N–H and O–H groups in total. The first-order chi connectivity index (χ1) is 10.3. The standard InChI is InChI=1S/C15H16N4S2/c1-10-15(21-9-17-10)12(19-16)7-14-18-13(8-20-14)11-5-3-2-4-6-11/h2-6,8-9,12,19H,7,16H2,1H3. The molecule has 0 saturated carbocycles. The molecule has 1 aromatic carbocycles. The zero-order chi connectivity index (χ0) is 14.7. The molecule has 0 bridgehead atoms. The van der Waals surface area contributed by atoms with Gasteiger partial charge < -0.3 is 0 Å². The van der Waals surface area contributed by atoms with Crippen LogP contribution in [0.15, 0.2) is 41.2 Å². The number of thiazole rings is 2. The van der Waals surface area contributed by atoms with Gasteiger partial charge in [-0.05, 0) is 6.92 Å². The Labute approximate surface area is 131 Å². The Morgan fingerprint density at radius 2 is 2.05 bits per heavy atom. The number of benzene rings is 1. The molecule has 1 unspecified atom stereocenters. The summed E-state index contributed by atoms with van der Waals surface area (Å²) in [7, 11) is 0. The SMILES string of the molecule is Cc1ncsc1C(Cc1nc(-c2ccccc2)cs1)NN. The number of nitrogens with zero attached hydrogens (tertiary/aromatic N) is 2. The molecular weight excluding hydrogens is 300 g/mol. The van der Waals surface area contributed by atoms with Crippen LogP contribution in [0.2, 0.25) is 0 Å². The molecule has 3 rings (SSSR count). The Kier molecular flexibility index (Phi) is 4.40. The second-order valence-electron chi connectivity index (χ2n) is 4.72. The van der Waals surface area contributed by atoms with Crippen molar-refractivity contribution in [3.8, 4) is 11.3 Å². The molecule has 0 amide bonds. The molecule has 0 aliphatic carbocycles. The molecule has 21 heavy (non-hydrogen) atoms. The first-order valence-corrected chi connectivity index (χ1v) is 8.40. The maximum atomic E-state index is 5.70. The van der Waals surface area contributed by atoms with Crippen molar-refractivity contribution in [1.82, 2.24) is 15.4 Å². The zero-order valence-corrected chi connectivity index (χ0v) is 13.2. The van der Waals surface area contributed by atoms with Gasteiger partial charge in [0.15, 0.2) is 0 Å². The van der Waals surface area contributed by atoms with Crippen LogP contribution < -0.4 is 11.3 Å². The summed E-state index contributed by atoms with van der Waals surface area (Å²) in [6, 6.07) is 10.3. The molecule has 4 nitrogen and oxygen atoms in total. The maximum absolute atomic E-state index is 5.70. The van der Waals surface area contributed by atoms with Gasteiger partial charge in [0.2, 0.25) is 0 Å². The van der Waals surface area contributed by atoms with E-state index in [1.165, 1.54) is 4.88 Å². The van der Waals surface area contributed by atoms with E-state index in [0.717, 1.165) is 28.4 Å². The molecule has 6 heteroatoms. The van der Waals surface area contributed by atoms with E-state index >= 15 is 0 Å². The van der Waals surface area contributed by atoms with Gasteiger partial charge in [0.25, 0.3) is 0 Å². The minimum atomic E-state index is 0.0623. The van der Waals surface area contributed by atoms with Crippen molar-refractivity contribution in [1.29, 1.82) is 0 Å². The zero-order valence-electron chi connectivity index (χ0n) is 11.6. The van der Waals surface area contributed by atoms with Crippen LogP contribution in [0.3, 0.4) is 0 Å². The number of hydrazine groups is 1. The van der Waals surface area contributed by atoms with Gasteiger partial charge in [-0.25, -0.2) is 9.97 Å². The van der Waals surface area contributed by atoms with Gasteiger partial charge in [-0.1, -0.05) is 30.3 Å². The quantitative estimate of drug-likeness (QED) is 0.560. The normalized spacial score (nSPS) is 12.5. The van der Waals surface area contributed by atoms with Crippen molar-refractivity contribution in [2.75, 3.05) is 0 Å². The Morgan fingerprint density at radius 3 is 2.71 bits per heavy atom. The predicted octanol–water partition coefficient (Wildman–Crippen LogP) is 3.32. The molecule has 0 radical (unpaired) electrons. The van der Waals surface area contributed by atoms with Crippen molar-refractivity contribution in [2.24, 2.45) is 5.84 Å². The van der Waals surface area contributed by atoms with Crippen LogP contribution in [0, 0.1) is 6.92 Å². The van der Waals surface area contributed by atoms with Crippen LogP contribution in [0.4, 0.5) is 0 Å². The molecule has 3 aromatic rings. The van der Waals surface area contributed by atoms with E-state index in [0.29, 0.717) is 0 Å². The number of nitrogens with one attached hydrogen (secondary N) is 1. The highest BCUT2D eigenvalue weighted by molar-refractivity contribution is 7.10. The van der Waals surface area contributed by atoms with E-state index in [4.69, 9.17) is 10.8 Å². The summed E-state index contributed by atoms with van der Waals surface area (Å²) < 4.78 is 0. The van der Waals surface area contributed by atoms with Gasteiger partial charge in [-0.3, -0.25) is 11.3 Å². The molecule has 0 saturated heterocycles. The summed E-state index contributed by atoms with van der Waals surface area (Å²) in [4.78, 5) is 10.2. The van der Waals surface area contributed by atoms with Crippen LogP contribution in [-0.4, -0.2) is 9.97 Å². The van der Waals surface area contributed by atoms with Crippen molar-refractivity contribution >= 4 is 22.7 Å². The Morgan fingerprint density at radius 1 is 1.24 bits per heavy atom. The average molecular weight is 316 g/mol. The third-order valence-corrected chi connectivity index (χ3v) is 5.22. The smallest absolute Gasteiger partial charge is 0.0952 e. The summed E-state index contributed by atoms with van der Waals surface area (Å²) in [5.74, 6) is 5.70. The molecule has 0 spiro atoms. The van der Waals surface area contributed by atoms with Gasteiger partial charge in [0, 0.05) is 22.2 Å². The summed E-state index contributed by atoms with van der Waals surface area (Å²) in [5.41, 5.74) is 7.93. The Balaban J connectivity index is 1.79. The molecular formula is C15H16N4S2. The molecule has 0 aliphatic rings. The predicted molar refractivity (Wildman–Crippen MR) is 88.2 cm³/mol. The summed E-state index contributed by atoms with van der Waals surface area (Å²) >= 11 is 3.30. The minimum absolute atomic E-state index is 0.0623. The molecule has 108 valence electrons. The van der Waals surface area contributed by atoms with Gasteiger partial charge in [0.1, 0.15) is 0 Å². The number of aromatic nitrogens is 2. The Bertz CT molecular complexity index is 705. The van der Waals surface area contributed by atoms with Crippen molar-refractivity contribution in [2.45, 2.75) is 19.4 Å². The highest BCUT2D eigenvalue weighted by Gasteiger charge is 2.17. The van der Waals surface area contributed by atoms with Gasteiger partial charge >= 0.3 is 0 Å². The third-order valence-electron chi connectivity index (χ3n) is 3.30. The van der Waals surface area contributed by atoms with E-state index in [9.17, 15) is 0 Å². The number of nitrogens with two attached hydrogens (primary N) is 1.